The molecule has 0 fully saturated rings. The second-order valence-corrected chi connectivity index (χ2v) is 5.96. The lowest BCUT2D eigenvalue weighted by Gasteiger charge is -2.29. The van der Waals surface area contributed by atoms with Crippen molar-refractivity contribution in [1.29, 1.82) is 0 Å². The maximum absolute atomic E-state index is 12.9. The van der Waals surface area contributed by atoms with Gasteiger partial charge in [-0.15, -0.1) is 0 Å². The number of amides is 1. The Balaban J connectivity index is 1.67. The van der Waals surface area contributed by atoms with Gasteiger partial charge in [-0.05, 0) is 19.1 Å². The van der Waals surface area contributed by atoms with E-state index in [1.807, 2.05) is 46.8 Å². The second-order valence-electron chi connectivity index (χ2n) is 5.96. The summed E-state index contributed by atoms with van der Waals surface area (Å²) < 4.78 is 7.21. The highest BCUT2D eigenvalue weighted by atomic mass is 16.5. The predicted molar refractivity (Wildman–Crippen MR) is 89.2 cm³/mol. The van der Waals surface area contributed by atoms with Crippen molar-refractivity contribution in [2.45, 2.75) is 19.9 Å². The van der Waals surface area contributed by atoms with Crippen LogP contribution < -0.4 is 4.74 Å². The van der Waals surface area contributed by atoms with E-state index in [2.05, 4.69) is 10.1 Å². The average Bonchev–Trinajstić information content (AvgIpc) is 3.01. The van der Waals surface area contributed by atoms with Crippen molar-refractivity contribution in [2.24, 2.45) is 0 Å². The Bertz CT molecular complexity index is 932. The van der Waals surface area contributed by atoms with Crippen LogP contribution in [0.25, 0.3) is 5.65 Å². The third-order valence-corrected chi connectivity index (χ3v) is 4.40. The molecule has 0 N–H and O–H groups in total. The Morgan fingerprint density at radius 2 is 2.12 bits per heavy atom. The van der Waals surface area contributed by atoms with Crippen molar-refractivity contribution < 1.29 is 9.53 Å². The zero-order chi connectivity index (χ0) is 16.7. The number of methoxy groups -OCH3 is 1. The normalized spacial score (nSPS) is 13.8. The highest BCUT2D eigenvalue weighted by Crippen LogP contribution is 2.24. The first-order chi connectivity index (χ1) is 11.7. The third-order valence-electron chi connectivity index (χ3n) is 4.40. The van der Waals surface area contributed by atoms with E-state index in [-0.39, 0.29) is 5.91 Å². The Morgan fingerprint density at radius 1 is 1.29 bits per heavy atom. The number of para-hydroxylation sites is 1. The second kappa shape index (κ2) is 5.63. The van der Waals surface area contributed by atoms with Crippen molar-refractivity contribution in [1.82, 2.24) is 19.5 Å². The van der Waals surface area contributed by atoms with E-state index >= 15 is 0 Å². The van der Waals surface area contributed by atoms with Gasteiger partial charge >= 0.3 is 0 Å². The molecular formula is C18H18N4O2. The summed E-state index contributed by atoms with van der Waals surface area (Å²) in [6.07, 6.45) is 2.61. The monoisotopic (exact) mass is 322 g/mol. The minimum absolute atomic E-state index is 0.0187. The van der Waals surface area contributed by atoms with Gasteiger partial charge < -0.3 is 9.64 Å². The molecule has 0 unspecified atom stereocenters. The van der Waals surface area contributed by atoms with Crippen LogP contribution in [0.15, 0.2) is 36.5 Å². The molecule has 6 nitrogen and oxygen atoms in total. The molecule has 1 aliphatic rings. The van der Waals surface area contributed by atoms with Crippen LogP contribution in [0.4, 0.5) is 0 Å². The van der Waals surface area contributed by atoms with Crippen molar-refractivity contribution in [3.63, 3.8) is 0 Å². The number of carbonyl (C=O) groups is 1. The highest BCUT2D eigenvalue weighted by Gasteiger charge is 2.25. The molecule has 2 aromatic heterocycles. The zero-order valence-corrected chi connectivity index (χ0v) is 13.7. The van der Waals surface area contributed by atoms with Crippen molar-refractivity contribution in [3.8, 4) is 5.75 Å². The number of rotatable bonds is 2. The standard InChI is InChI=1S/C18H18N4O2/c1-12-9-17-19-10-13-11-21(8-7-15(13)22(17)20-12)18(23)14-5-3-4-6-16(14)24-2/h3-6,9-10H,7-8,11H2,1-2H3. The number of aryl methyl sites for hydroxylation is 1. The fourth-order valence-electron chi connectivity index (χ4n) is 3.22. The molecule has 0 radical (unpaired) electrons. The van der Waals surface area contributed by atoms with Crippen LogP contribution in [0.2, 0.25) is 0 Å². The fourth-order valence-corrected chi connectivity index (χ4v) is 3.22. The lowest BCUT2D eigenvalue weighted by Crippen LogP contribution is -2.37. The van der Waals surface area contributed by atoms with Crippen LogP contribution in [0.5, 0.6) is 5.75 Å². The molecular weight excluding hydrogens is 304 g/mol. The van der Waals surface area contributed by atoms with Gasteiger partial charge in [0.05, 0.1) is 24.1 Å². The van der Waals surface area contributed by atoms with Gasteiger partial charge in [0, 0.05) is 37.3 Å². The highest BCUT2D eigenvalue weighted by molar-refractivity contribution is 5.97. The molecule has 6 heteroatoms. The van der Waals surface area contributed by atoms with E-state index in [1.54, 1.807) is 13.2 Å². The molecule has 1 amide bonds. The summed E-state index contributed by atoms with van der Waals surface area (Å²) in [5.74, 6) is 0.583. The average molecular weight is 322 g/mol. The van der Waals surface area contributed by atoms with Crippen LogP contribution in [-0.4, -0.2) is 39.1 Å². The number of ether oxygens (including phenoxy) is 1. The van der Waals surface area contributed by atoms with E-state index in [1.165, 1.54) is 0 Å². The number of hydrogen-bond donors (Lipinski definition) is 0. The van der Waals surface area contributed by atoms with E-state index < -0.39 is 0 Å². The molecule has 3 heterocycles. The molecule has 0 bridgehead atoms. The van der Waals surface area contributed by atoms with E-state index in [0.717, 1.165) is 29.0 Å². The Hall–Kier alpha value is -2.89. The first-order valence-electron chi connectivity index (χ1n) is 7.93. The fraction of sp³-hybridized carbons (Fsp3) is 0.278. The van der Waals surface area contributed by atoms with Crippen molar-refractivity contribution >= 4 is 11.6 Å². The smallest absolute Gasteiger partial charge is 0.257 e. The quantitative estimate of drug-likeness (QED) is 0.726. The van der Waals surface area contributed by atoms with Gasteiger partial charge in [0.2, 0.25) is 0 Å². The molecule has 1 aliphatic heterocycles. The number of nitrogens with zero attached hydrogens (tertiary/aromatic N) is 4. The molecule has 122 valence electrons. The minimum Gasteiger partial charge on any atom is -0.496 e. The third kappa shape index (κ3) is 2.31. The summed E-state index contributed by atoms with van der Waals surface area (Å²) >= 11 is 0. The molecule has 0 saturated carbocycles. The van der Waals surface area contributed by atoms with Gasteiger partial charge in [-0.2, -0.15) is 5.10 Å². The van der Waals surface area contributed by atoms with Crippen molar-refractivity contribution in [2.75, 3.05) is 13.7 Å². The van der Waals surface area contributed by atoms with Gasteiger partial charge in [0.15, 0.2) is 5.65 Å². The van der Waals surface area contributed by atoms with Crippen LogP contribution in [0.3, 0.4) is 0 Å². The lowest BCUT2D eigenvalue weighted by atomic mass is 10.1. The van der Waals surface area contributed by atoms with Gasteiger partial charge in [-0.25, -0.2) is 9.50 Å². The molecule has 4 rings (SSSR count). The molecule has 0 atom stereocenters. The summed E-state index contributed by atoms with van der Waals surface area (Å²) in [4.78, 5) is 19.2. The summed E-state index contributed by atoms with van der Waals surface area (Å²) in [6.45, 7) is 3.15. The SMILES string of the molecule is COc1ccccc1C(=O)N1CCc2c(cnc3cc(C)nn23)C1. The van der Waals surface area contributed by atoms with Gasteiger partial charge in [-0.3, -0.25) is 4.79 Å². The lowest BCUT2D eigenvalue weighted by molar-refractivity contribution is 0.0729. The molecule has 1 aromatic carbocycles. The Morgan fingerprint density at radius 3 is 2.96 bits per heavy atom. The largest absolute Gasteiger partial charge is 0.496 e. The molecule has 0 aliphatic carbocycles. The molecule has 24 heavy (non-hydrogen) atoms. The van der Waals surface area contributed by atoms with Crippen molar-refractivity contribution in [3.05, 3.63) is 59.0 Å². The predicted octanol–water partition coefficient (Wildman–Crippen LogP) is 2.24. The number of aromatic nitrogens is 3. The van der Waals surface area contributed by atoms with Crippen LogP contribution in [0, 0.1) is 6.92 Å². The molecule has 0 saturated heterocycles. The Labute approximate surface area is 139 Å². The number of benzene rings is 1. The van der Waals surface area contributed by atoms with Gasteiger partial charge in [0.25, 0.3) is 5.91 Å². The van der Waals surface area contributed by atoms with Gasteiger partial charge in [0.1, 0.15) is 5.75 Å². The van der Waals surface area contributed by atoms with E-state index in [4.69, 9.17) is 4.74 Å². The number of carbonyl (C=O) groups excluding carboxylic acids is 1. The van der Waals surface area contributed by atoms with Crippen LogP contribution in [0.1, 0.15) is 27.3 Å². The summed E-state index contributed by atoms with van der Waals surface area (Å²) in [5, 5.41) is 4.51. The topological polar surface area (TPSA) is 59.7 Å². The maximum atomic E-state index is 12.9. The van der Waals surface area contributed by atoms with E-state index in [0.29, 0.717) is 24.4 Å². The molecule has 0 spiro atoms. The first kappa shape index (κ1) is 14.7. The minimum atomic E-state index is -0.0187. The number of fused-ring (bicyclic) bond motifs is 3. The summed E-state index contributed by atoms with van der Waals surface area (Å²) in [6, 6.07) is 9.29. The molecule has 3 aromatic rings. The van der Waals surface area contributed by atoms with Crippen LogP contribution >= 0.6 is 0 Å². The number of hydrogen-bond acceptors (Lipinski definition) is 4. The van der Waals surface area contributed by atoms with Gasteiger partial charge in [-0.1, -0.05) is 12.1 Å². The summed E-state index contributed by atoms with van der Waals surface area (Å²) in [7, 11) is 1.58. The first-order valence-corrected chi connectivity index (χ1v) is 7.93. The summed E-state index contributed by atoms with van der Waals surface area (Å²) in [5.41, 5.74) is 4.57. The Kier molecular flexibility index (Phi) is 3.45. The zero-order valence-electron chi connectivity index (χ0n) is 13.7. The van der Waals surface area contributed by atoms with Crippen LogP contribution in [-0.2, 0) is 13.0 Å². The van der Waals surface area contributed by atoms with E-state index in [9.17, 15) is 4.79 Å². The maximum Gasteiger partial charge on any atom is 0.257 e.